The van der Waals surface area contributed by atoms with Gasteiger partial charge in [-0.2, -0.15) is 0 Å². The summed E-state index contributed by atoms with van der Waals surface area (Å²) in [5.41, 5.74) is 1.71. The number of hydrogen-bond donors (Lipinski definition) is 0. The van der Waals surface area contributed by atoms with E-state index in [9.17, 15) is 9.59 Å². The molecule has 33 heavy (non-hydrogen) atoms. The quantitative estimate of drug-likeness (QED) is 0.503. The third-order valence-corrected chi connectivity index (χ3v) is 6.22. The molecule has 2 heterocycles. The molecule has 2 aliphatic heterocycles. The molecule has 0 N–H and O–H groups in total. The Morgan fingerprint density at radius 1 is 1.03 bits per heavy atom. The maximum absolute atomic E-state index is 13.5. The lowest BCUT2D eigenvalue weighted by Crippen LogP contribution is -2.44. The van der Waals surface area contributed by atoms with Crippen molar-refractivity contribution in [2.75, 3.05) is 46.9 Å². The number of amides is 2. The molecular formula is C26H39N3O4. The Morgan fingerprint density at radius 2 is 1.67 bits per heavy atom. The van der Waals surface area contributed by atoms with Crippen LogP contribution in [-0.4, -0.2) is 85.6 Å². The normalized spacial score (nSPS) is 18.2. The summed E-state index contributed by atoms with van der Waals surface area (Å²) in [6.45, 7) is 11.3. The van der Waals surface area contributed by atoms with E-state index < -0.39 is 0 Å². The molecule has 2 amide bonds. The monoisotopic (exact) mass is 457 g/mol. The van der Waals surface area contributed by atoms with Gasteiger partial charge in [0.25, 0.3) is 11.8 Å². The summed E-state index contributed by atoms with van der Waals surface area (Å²) in [7, 11) is 4.06. The van der Waals surface area contributed by atoms with Gasteiger partial charge in [0.15, 0.2) is 0 Å². The van der Waals surface area contributed by atoms with E-state index in [2.05, 4.69) is 25.8 Å². The van der Waals surface area contributed by atoms with E-state index in [4.69, 9.17) is 9.47 Å². The maximum atomic E-state index is 13.5. The Kier molecular flexibility index (Phi) is 8.54. The number of carbonyl (C=O) groups excluding carboxylic acids is 2. The van der Waals surface area contributed by atoms with E-state index >= 15 is 0 Å². The number of rotatable bonds is 10. The van der Waals surface area contributed by atoms with E-state index in [1.807, 2.05) is 50.1 Å². The highest BCUT2D eigenvalue weighted by atomic mass is 16.5. The van der Waals surface area contributed by atoms with E-state index in [0.717, 1.165) is 37.2 Å². The third-order valence-electron chi connectivity index (χ3n) is 6.22. The molecule has 7 heteroatoms. The number of carbonyl (C=O) groups is 2. The highest BCUT2D eigenvalue weighted by molar-refractivity contribution is 6.35. The van der Waals surface area contributed by atoms with Gasteiger partial charge in [0, 0.05) is 13.1 Å². The fourth-order valence-corrected chi connectivity index (χ4v) is 4.28. The molecule has 0 atom stereocenters. The summed E-state index contributed by atoms with van der Waals surface area (Å²) in [6.07, 6.45) is 1.97. The number of nitrogens with zero attached hydrogens (tertiary/aromatic N) is 3. The van der Waals surface area contributed by atoms with Gasteiger partial charge in [-0.05, 0) is 70.4 Å². The number of imide groups is 1. The molecule has 0 bridgehead atoms. The van der Waals surface area contributed by atoms with Crippen LogP contribution in [0.1, 0.15) is 46.1 Å². The molecule has 0 saturated carbocycles. The smallest absolute Gasteiger partial charge is 0.277 e. The summed E-state index contributed by atoms with van der Waals surface area (Å²) in [4.78, 5) is 32.6. The molecule has 3 rings (SSSR count). The van der Waals surface area contributed by atoms with Gasteiger partial charge < -0.3 is 19.3 Å². The van der Waals surface area contributed by atoms with Gasteiger partial charge in [-0.15, -0.1) is 0 Å². The fourth-order valence-electron chi connectivity index (χ4n) is 4.28. The molecule has 1 fully saturated rings. The lowest BCUT2D eigenvalue weighted by atomic mass is 10.00. The van der Waals surface area contributed by atoms with E-state index in [0.29, 0.717) is 30.4 Å². The Morgan fingerprint density at radius 3 is 2.24 bits per heavy atom. The summed E-state index contributed by atoms with van der Waals surface area (Å²) in [5, 5.41) is 0. The minimum atomic E-state index is -0.252. The first-order valence-electron chi connectivity index (χ1n) is 12.1. The summed E-state index contributed by atoms with van der Waals surface area (Å²) in [6, 6.07) is 7.74. The van der Waals surface area contributed by atoms with Gasteiger partial charge in [0.1, 0.15) is 11.4 Å². The van der Waals surface area contributed by atoms with Crippen LogP contribution in [0.4, 0.5) is 0 Å². The van der Waals surface area contributed by atoms with Crippen LogP contribution >= 0.6 is 0 Å². The van der Waals surface area contributed by atoms with Crippen molar-refractivity contribution in [2.45, 2.75) is 52.7 Å². The highest BCUT2D eigenvalue weighted by Crippen LogP contribution is 2.34. The number of piperidine rings is 1. The number of ether oxygens (including phenoxy) is 2. The standard InChI is InChI=1S/C26H39N3O4/c1-18(2)17-33-22-9-7-20(8-10-22)23-24(28(6)21-11-13-27(5)14-12-21)26(31)29(25(23)30)15-16-32-19(3)4/h7-10,18-19,21H,11-17H2,1-6H3. The van der Waals surface area contributed by atoms with Crippen LogP contribution in [0, 0.1) is 5.92 Å². The van der Waals surface area contributed by atoms with Crippen molar-refractivity contribution in [1.29, 1.82) is 0 Å². The first-order valence-corrected chi connectivity index (χ1v) is 12.1. The van der Waals surface area contributed by atoms with E-state index in [1.165, 1.54) is 4.90 Å². The predicted molar refractivity (Wildman–Crippen MR) is 130 cm³/mol. The molecule has 2 aliphatic rings. The van der Waals surface area contributed by atoms with Gasteiger partial charge in [-0.25, -0.2) is 0 Å². The first kappa shape index (κ1) is 25.2. The van der Waals surface area contributed by atoms with Crippen molar-refractivity contribution in [3.63, 3.8) is 0 Å². The van der Waals surface area contributed by atoms with Crippen LogP contribution in [0.3, 0.4) is 0 Å². The van der Waals surface area contributed by atoms with E-state index in [1.54, 1.807) is 0 Å². The first-order chi connectivity index (χ1) is 15.7. The van der Waals surface area contributed by atoms with Gasteiger partial charge >= 0.3 is 0 Å². The van der Waals surface area contributed by atoms with Crippen molar-refractivity contribution < 1.29 is 19.1 Å². The third kappa shape index (κ3) is 6.15. The lowest BCUT2D eigenvalue weighted by molar-refractivity contribution is -0.138. The Balaban J connectivity index is 1.89. The number of likely N-dealkylation sites (N-methyl/N-ethyl adjacent to an activating group) is 1. The molecule has 0 unspecified atom stereocenters. The maximum Gasteiger partial charge on any atom is 0.277 e. The van der Waals surface area contributed by atoms with Gasteiger partial charge in [-0.1, -0.05) is 26.0 Å². The number of hydrogen-bond acceptors (Lipinski definition) is 6. The predicted octanol–water partition coefficient (Wildman–Crippen LogP) is 3.25. The molecule has 1 aromatic carbocycles. The number of likely N-dealkylation sites (tertiary alicyclic amines) is 1. The second-order valence-electron chi connectivity index (χ2n) is 9.78. The molecule has 0 aromatic heterocycles. The second kappa shape index (κ2) is 11.2. The zero-order valence-electron chi connectivity index (χ0n) is 21.0. The number of benzene rings is 1. The van der Waals surface area contributed by atoms with Gasteiger partial charge in [-0.3, -0.25) is 14.5 Å². The van der Waals surface area contributed by atoms with Crippen LogP contribution in [0.2, 0.25) is 0 Å². The summed E-state index contributed by atoms with van der Waals surface area (Å²) < 4.78 is 11.4. The molecule has 182 valence electrons. The van der Waals surface area contributed by atoms with Gasteiger partial charge in [0.05, 0.1) is 31.4 Å². The average molecular weight is 458 g/mol. The van der Waals surface area contributed by atoms with E-state index in [-0.39, 0.29) is 30.5 Å². The average Bonchev–Trinajstić information content (AvgIpc) is 3.02. The Bertz CT molecular complexity index is 855. The van der Waals surface area contributed by atoms with Crippen molar-refractivity contribution >= 4 is 17.4 Å². The van der Waals surface area contributed by atoms with Crippen LogP contribution < -0.4 is 4.74 Å². The lowest BCUT2D eigenvalue weighted by Gasteiger charge is -2.36. The topological polar surface area (TPSA) is 62.3 Å². The Labute approximate surface area is 198 Å². The largest absolute Gasteiger partial charge is 0.493 e. The molecule has 7 nitrogen and oxygen atoms in total. The highest BCUT2D eigenvalue weighted by Gasteiger charge is 2.42. The van der Waals surface area contributed by atoms with Crippen LogP contribution in [0.5, 0.6) is 5.75 Å². The molecule has 1 saturated heterocycles. The van der Waals surface area contributed by atoms with Crippen molar-refractivity contribution in [3.8, 4) is 5.75 Å². The van der Waals surface area contributed by atoms with Crippen molar-refractivity contribution in [3.05, 3.63) is 35.5 Å². The molecule has 0 radical (unpaired) electrons. The molecule has 0 aliphatic carbocycles. The van der Waals surface area contributed by atoms with Crippen LogP contribution in [-0.2, 0) is 14.3 Å². The van der Waals surface area contributed by atoms with Crippen LogP contribution in [0.15, 0.2) is 30.0 Å². The molecule has 0 spiro atoms. The SMILES string of the molecule is CC(C)COc1ccc(C2=C(N(C)C3CCN(C)CC3)C(=O)N(CCOC(C)C)C2=O)cc1. The zero-order valence-corrected chi connectivity index (χ0v) is 21.0. The summed E-state index contributed by atoms with van der Waals surface area (Å²) in [5.74, 6) is 0.706. The molecular weight excluding hydrogens is 418 g/mol. The van der Waals surface area contributed by atoms with Crippen LogP contribution in [0.25, 0.3) is 5.57 Å². The summed E-state index contributed by atoms with van der Waals surface area (Å²) >= 11 is 0. The Hall–Kier alpha value is -2.38. The minimum absolute atomic E-state index is 0.0463. The minimum Gasteiger partial charge on any atom is -0.493 e. The van der Waals surface area contributed by atoms with Crippen molar-refractivity contribution in [1.82, 2.24) is 14.7 Å². The van der Waals surface area contributed by atoms with Gasteiger partial charge in [0.2, 0.25) is 0 Å². The second-order valence-corrected chi connectivity index (χ2v) is 9.78. The fraction of sp³-hybridized carbons (Fsp3) is 0.615. The zero-order chi connectivity index (χ0) is 24.1. The van der Waals surface area contributed by atoms with Crippen molar-refractivity contribution in [2.24, 2.45) is 5.92 Å². The molecule has 1 aromatic rings.